The molecule has 0 bridgehead atoms. The van der Waals surface area contributed by atoms with Crippen LogP contribution in [0.1, 0.15) is 37.4 Å². The molecule has 0 spiro atoms. The van der Waals surface area contributed by atoms with E-state index in [4.69, 9.17) is 0 Å². The van der Waals surface area contributed by atoms with Gasteiger partial charge in [-0.3, -0.25) is 9.59 Å². The Labute approximate surface area is 122 Å². The molecular weight excluding hydrogens is 260 g/mol. The third-order valence-electron chi connectivity index (χ3n) is 4.14. The minimum absolute atomic E-state index is 0.0645. The largest absolute Gasteiger partial charge is 0.289 e. The molecule has 0 unspecified atom stereocenters. The Morgan fingerprint density at radius 2 is 1.29 bits per heavy atom. The second kappa shape index (κ2) is 4.13. The summed E-state index contributed by atoms with van der Waals surface area (Å²) in [6, 6.07) is 16.7. The van der Waals surface area contributed by atoms with Gasteiger partial charge in [-0.1, -0.05) is 42.5 Å². The molecule has 0 aromatic heterocycles. The SMILES string of the molecule is Cc1cccc2cc3c(cc12)C(=O)c1ccccc1C3=O. The molecule has 4 rings (SSSR count). The molecule has 0 amide bonds. The summed E-state index contributed by atoms with van der Waals surface area (Å²) in [6.07, 6.45) is 0. The smallest absolute Gasteiger partial charge is 0.194 e. The van der Waals surface area contributed by atoms with E-state index in [2.05, 4.69) is 0 Å². The van der Waals surface area contributed by atoms with Crippen molar-refractivity contribution in [2.45, 2.75) is 6.92 Å². The molecule has 3 aromatic rings. The lowest BCUT2D eigenvalue weighted by Gasteiger charge is -2.18. The van der Waals surface area contributed by atoms with Crippen LogP contribution < -0.4 is 0 Å². The zero-order valence-corrected chi connectivity index (χ0v) is 11.5. The maximum absolute atomic E-state index is 12.7. The predicted octanol–water partition coefficient (Wildman–Crippen LogP) is 3.92. The highest BCUT2D eigenvalue weighted by molar-refractivity contribution is 6.29. The van der Waals surface area contributed by atoms with E-state index in [1.165, 1.54) is 0 Å². The Morgan fingerprint density at radius 3 is 1.95 bits per heavy atom. The van der Waals surface area contributed by atoms with Crippen LogP contribution in [0.15, 0.2) is 54.6 Å². The Balaban J connectivity index is 2.09. The van der Waals surface area contributed by atoms with Gasteiger partial charge >= 0.3 is 0 Å². The average molecular weight is 272 g/mol. The molecule has 2 heteroatoms. The van der Waals surface area contributed by atoms with Crippen LogP contribution in [-0.4, -0.2) is 11.6 Å². The Hall–Kier alpha value is -2.74. The van der Waals surface area contributed by atoms with Crippen LogP contribution in [0.5, 0.6) is 0 Å². The van der Waals surface area contributed by atoms with Crippen molar-refractivity contribution in [1.29, 1.82) is 0 Å². The number of ketones is 2. The summed E-state index contributed by atoms with van der Waals surface area (Å²) in [6.45, 7) is 2.01. The highest BCUT2D eigenvalue weighted by Crippen LogP contribution is 2.31. The molecular formula is C19H12O2. The average Bonchev–Trinajstić information content (AvgIpc) is 2.52. The highest BCUT2D eigenvalue weighted by atomic mass is 16.1. The minimum Gasteiger partial charge on any atom is -0.289 e. The first kappa shape index (κ1) is 12.0. The van der Waals surface area contributed by atoms with Crippen LogP contribution in [0.25, 0.3) is 10.8 Å². The van der Waals surface area contributed by atoms with Crippen molar-refractivity contribution in [3.63, 3.8) is 0 Å². The first-order valence-corrected chi connectivity index (χ1v) is 6.88. The molecule has 21 heavy (non-hydrogen) atoms. The lowest BCUT2D eigenvalue weighted by Crippen LogP contribution is -2.20. The number of fused-ring (bicyclic) bond motifs is 3. The molecule has 0 aliphatic heterocycles. The lowest BCUT2D eigenvalue weighted by molar-refractivity contribution is 0.0979. The van der Waals surface area contributed by atoms with Crippen LogP contribution in [0.3, 0.4) is 0 Å². The summed E-state index contributed by atoms with van der Waals surface area (Å²) in [5, 5.41) is 2.02. The number of benzene rings is 3. The number of aryl methyl sites for hydroxylation is 1. The van der Waals surface area contributed by atoms with E-state index in [1.54, 1.807) is 24.3 Å². The van der Waals surface area contributed by atoms with Gasteiger partial charge in [0.05, 0.1) is 0 Å². The molecule has 0 heterocycles. The van der Waals surface area contributed by atoms with E-state index in [0.717, 1.165) is 16.3 Å². The third-order valence-corrected chi connectivity index (χ3v) is 4.14. The lowest BCUT2D eigenvalue weighted by atomic mass is 9.82. The molecule has 0 fully saturated rings. The van der Waals surface area contributed by atoms with Crippen molar-refractivity contribution in [2.75, 3.05) is 0 Å². The molecule has 1 aliphatic carbocycles. The van der Waals surface area contributed by atoms with Gasteiger partial charge in [-0.2, -0.15) is 0 Å². The normalized spacial score (nSPS) is 13.2. The summed E-state index contributed by atoms with van der Waals surface area (Å²) >= 11 is 0. The van der Waals surface area contributed by atoms with Gasteiger partial charge in [-0.25, -0.2) is 0 Å². The monoisotopic (exact) mass is 272 g/mol. The van der Waals surface area contributed by atoms with Gasteiger partial charge in [0.2, 0.25) is 0 Å². The van der Waals surface area contributed by atoms with Crippen LogP contribution in [0, 0.1) is 6.92 Å². The first-order chi connectivity index (χ1) is 10.2. The molecule has 3 aromatic carbocycles. The Kier molecular flexibility index (Phi) is 2.36. The minimum atomic E-state index is -0.0661. The maximum atomic E-state index is 12.7. The van der Waals surface area contributed by atoms with Gasteiger partial charge in [0.25, 0.3) is 0 Å². The van der Waals surface area contributed by atoms with Gasteiger partial charge in [0.1, 0.15) is 0 Å². The summed E-state index contributed by atoms with van der Waals surface area (Å²) in [5.74, 6) is -0.131. The molecule has 100 valence electrons. The maximum Gasteiger partial charge on any atom is 0.194 e. The van der Waals surface area contributed by atoms with Crippen molar-refractivity contribution in [3.05, 3.63) is 82.4 Å². The molecule has 0 saturated heterocycles. The second-order valence-electron chi connectivity index (χ2n) is 5.40. The van der Waals surface area contributed by atoms with E-state index in [9.17, 15) is 9.59 Å². The number of carbonyl (C=O) groups is 2. The number of hydrogen-bond donors (Lipinski definition) is 0. The fraction of sp³-hybridized carbons (Fsp3) is 0.0526. The number of carbonyl (C=O) groups excluding carboxylic acids is 2. The molecule has 0 radical (unpaired) electrons. The van der Waals surface area contributed by atoms with E-state index in [-0.39, 0.29) is 11.6 Å². The standard InChI is InChI=1S/C19H12O2/c1-11-5-4-6-12-9-16-17(10-15(11)12)19(21)14-8-3-2-7-13(14)18(16)20/h2-10H,1H3. The van der Waals surface area contributed by atoms with E-state index in [0.29, 0.717) is 22.3 Å². The summed E-state index contributed by atoms with van der Waals surface area (Å²) in [4.78, 5) is 25.3. The van der Waals surface area contributed by atoms with Gasteiger partial charge in [0.15, 0.2) is 11.6 Å². The fourth-order valence-corrected chi connectivity index (χ4v) is 3.03. The topological polar surface area (TPSA) is 34.1 Å². The van der Waals surface area contributed by atoms with E-state index in [1.807, 2.05) is 37.3 Å². The first-order valence-electron chi connectivity index (χ1n) is 6.88. The van der Waals surface area contributed by atoms with Crippen molar-refractivity contribution < 1.29 is 9.59 Å². The van der Waals surface area contributed by atoms with Crippen LogP contribution in [0.4, 0.5) is 0 Å². The van der Waals surface area contributed by atoms with E-state index >= 15 is 0 Å². The van der Waals surface area contributed by atoms with Gasteiger partial charge in [-0.15, -0.1) is 0 Å². The van der Waals surface area contributed by atoms with Crippen LogP contribution in [0.2, 0.25) is 0 Å². The molecule has 0 N–H and O–H groups in total. The van der Waals surface area contributed by atoms with Crippen molar-refractivity contribution in [2.24, 2.45) is 0 Å². The van der Waals surface area contributed by atoms with Crippen molar-refractivity contribution in [3.8, 4) is 0 Å². The van der Waals surface area contributed by atoms with E-state index < -0.39 is 0 Å². The molecule has 0 saturated carbocycles. The highest BCUT2D eigenvalue weighted by Gasteiger charge is 2.29. The third kappa shape index (κ3) is 1.59. The zero-order valence-electron chi connectivity index (χ0n) is 11.5. The quantitative estimate of drug-likeness (QED) is 0.486. The molecule has 0 atom stereocenters. The fourth-order valence-electron chi connectivity index (χ4n) is 3.03. The summed E-state index contributed by atoms with van der Waals surface area (Å²) in [5.41, 5.74) is 3.14. The Bertz CT molecular complexity index is 935. The van der Waals surface area contributed by atoms with Crippen LogP contribution in [-0.2, 0) is 0 Å². The zero-order chi connectivity index (χ0) is 14.6. The van der Waals surface area contributed by atoms with Gasteiger partial charge in [0, 0.05) is 22.3 Å². The molecule has 2 nitrogen and oxygen atoms in total. The molecule has 1 aliphatic rings. The van der Waals surface area contributed by atoms with Gasteiger partial charge in [-0.05, 0) is 35.4 Å². The van der Waals surface area contributed by atoms with Crippen LogP contribution >= 0.6 is 0 Å². The van der Waals surface area contributed by atoms with Crippen molar-refractivity contribution in [1.82, 2.24) is 0 Å². The predicted molar refractivity (Wildman–Crippen MR) is 82.0 cm³/mol. The van der Waals surface area contributed by atoms with Crippen molar-refractivity contribution >= 4 is 22.3 Å². The summed E-state index contributed by atoms with van der Waals surface area (Å²) < 4.78 is 0. The number of rotatable bonds is 0. The second-order valence-corrected chi connectivity index (χ2v) is 5.40. The Morgan fingerprint density at radius 1 is 0.667 bits per heavy atom. The number of hydrogen-bond acceptors (Lipinski definition) is 2. The summed E-state index contributed by atoms with van der Waals surface area (Å²) in [7, 11) is 0. The van der Waals surface area contributed by atoms with Gasteiger partial charge < -0.3 is 0 Å².